The Labute approximate surface area is 139 Å². The van der Waals surface area contributed by atoms with Gasteiger partial charge in [-0.15, -0.1) is 0 Å². The van der Waals surface area contributed by atoms with Gasteiger partial charge in [0.05, 0.1) is 7.11 Å². The summed E-state index contributed by atoms with van der Waals surface area (Å²) < 4.78 is 32.4. The second-order valence-electron chi connectivity index (χ2n) is 4.80. The highest BCUT2D eigenvalue weighted by atomic mass is 32.2. The third-order valence-electron chi connectivity index (χ3n) is 3.21. The van der Waals surface area contributed by atoms with Crippen molar-refractivity contribution in [2.75, 3.05) is 13.4 Å². The summed E-state index contributed by atoms with van der Waals surface area (Å²) >= 11 is 0. The number of aromatic carboxylic acids is 1. The van der Waals surface area contributed by atoms with E-state index in [1.807, 2.05) is 0 Å². The molecular formula is C16H14FNO5S. The second-order valence-corrected chi connectivity index (χ2v) is 5.91. The lowest BCUT2D eigenvalue weighted by atomic mass is 9.99. The highest BCUT2D eigenvalue weighted by Gasteiger charge is 2.16. The summed E-state index contributed by atoms with van der Waals surface area (Å²) in [6.45, 7) is 0. The standard InChI is InChI=1S/C16H14FNO5S/c1-23-14-6-4-9(7-12(14)16(20)21)11-8-10(3-5-13(11)17)15(19)18-24(2)22/h3-8H,1-2H3,(H,18,19)(H,20,21). The highest BCUT2D eigenvalue weighted by Crippen LogP contribution is 2.29. The fourth-order valence-corrected chi connectivity index (χ4v) is 2.50. The molecule has 0 bridgehead atoms. The lowest BCUT2D eigenvalue weighted by molar-refractivity contribution is 0.0693. The van der Waals surface area contributed by atoms with Crippen molar-refractivity contribution in [1.29, 1.82) is 0 Å². The molecule has 0 radical (unpaired) electrons. The van der Waals surface area contributed by atoms with Gasteiger partial charge in [-0.25, -0.2) is 13.4 Å². The Balaban J connectivity index is 2.52. The van der Waals surface area contributed by atoms with Gasteiger partial charge < -0.3 is 9.84 Å². The Morgan fingerprint density at radius 3 is 2.50 bits per heavy atom. The molecular weight excluding hydrogens is 337 g/mol. The van der Waals surface area contributed by atoms with Crippen LogP contribution in [0.25, 0.3) is 11.1 Å². The van der Waals surface area contributed by atoms with Gasteiger partial charge >= 0.3 is 5.97 Å². The predicted octanol–water partition coefficient (Wildman–Crippen LogP) is 2.22. The van der Waals surface area contributed by atoms with Crippen LogP contribution in [0.4, 0.5) is 4.39 Å². The number of rotatable bonds is 5. The first-order chi connectivity index (χ1) is 11.3. The molecule has 2 rings (SSSR count). The SMILES string of the molecule is COc1ccc(-c2cc(C(=O)NS(C)=O)ccc2F)cc1C(=O)O. The number of carboxylic acid groups (broad SMARTS) is 1. The molecule has 0 spiro atoms. The molecule has 6 nitrogen and oxygen atoms in total. The van der Waals surface area contributed by atoms with Crippen LogP contribution >= 0.6 is 0 Å². The summed E-state index contributed by atoms with van der Waals surface area (Å²) in [7, 11) is -0.223. The maximum absolute atomic E-state index is 14.1. The molecule has 2 N–H and O–H groups in total. The van der Waals surface area contributed by atoms with E-state index in [1.165, 1.54) is 43.7 Å². The van der Waals surface area contributed by atoms with Gasteiger partial charge in [0, 0.05) is 17.4 Å². The lowest BCUT2D eigenvalue weighted by Crippen LogP contribution is -2.24. The molecule has 1 atom stereocenters. The average Bonchev–Trinajstić information content (AvgIpc) is 2.53. The quantitative estimate of drug-likeness (QED) is 0.862. The molecule has 0 fully saturated rings. The van der Waals surface area contributed by atoms with Crippen LogP contribution in [-0.2, 0) is 11.0 Å². The Morgan fingerprint density at radius 2 is 1.92 bits per heavy atom. The Morgan fingerprint density at radius 1 is 1.21 bits per heavy atom. The predicted molar refractivity (Wildman–Crippen MR) is 86.9 cm³/mol. The number of hydrogen-bond donors (Lipinski definition) is 2. The van der Waals surface area contributed by atoms with Crippen LogP contribution in [0.5, 0.6) is 5.75 Å². The summed E-state index contributed by atoms with van der Waals surface area (Å²) in [5, 5.41) is 9.21. The molecule has 0 heterocycles. The molecule has 0 saturated heterocycles. The number of amides is 1. The van der Waals surface area contributed by atoms with Crippen molar-refractivity contribution in [3.63, 3.8) is 0 Å². The van der Waals surface area contributed by atoms with E-state index >= 15 is 0 Å². The zero-order valence-corrected chi connectivity index (χ0v) is 13.6. The van der Waals surface area contributed by atoms with Crippen LogP contribution in [0, 0.1) is 5.82 Å². The number of hydrogen-bond acceptors (Lipinski definition) is 4. The molecule has 24 heavy (non-hydrogen) atoms. The second kappa shape index (κ2) is 7.22. The van der Waals surface area contributed by atoms with Crippen LogP contribution in [0.15, 0.2) is 36.4 Å². The van der Waals surface area contributed by atoms with E-state index in [0.717, 1.165) is 6.07 Å². The molecule has 2 aromatic rings. The normalized spacial score (nSPS) is 11.6. The average molecular weight is 351 g/mol. The van der Waals surface area contributed by atoms with Gasteiger partial charge in [-0.2, -0.15) is 0 Å². The summed E-state index contributed by atoms with van der Waals surface area (Å²) in [6, 6.07) is 7.77. The topological polar surface area (TPSA) is 92.7 Å². The number of carbonyl (C=O) groups excluding carboxylic acids is 1. The van der Waals surface area contributed by atoms with Crippen LogP contribution in [0.1, 0.15) is 20.7 Å². The van der Waals surface area contributed by atoms with Gasteiger partial charge in [-0.05, 0) is 35.9 Å². The van der Waals surface area contributed by atoms with Crippen molar-refractivity contribution in [1.82, 2.24) is 4.72 Å². The first-order valence-corrected chi connectivity index (χ1v) is 8.25. The summed E-state index contributed by atoms with van der Waals surface area (Å²) in [4.78, 5) is 23.2. The van der Waals surface area contributed by atoms with Gasteiger partial charge in [-0.1, -0.05) is 6.07 Å². The summed E-state index contributed by atoms with van der Waals surface area (Å²) in [5.74, 6) is -2.32. The molecule has 0 aromatic heterocycles. The molecule has 0 aliphatic rings. The van der Waals surface area contributed by atoms with Crippen LogP contribution in [0.3, 0.4) is 0 Å². The molecule has 1 amide bonds. The maximum atomic E-state index is 14.1. The summed E-state index contributed by atoms with van der Waals surface area (Å²) in [6.07, 6.45) is 1.30. The molecule has 2 aromatic carbocycles. The van der Waals surface area contributed by atoms with Crippen molar-refractivity contribution in [3.8, 4) is 16.9 Å². The smallest absolute Gasteiger partial charge is 0.339 e. The third-order valence-corrected chi connectivity index (χ3v) is 3.68. The number of nitrogens with one attached hydrogen (secondary N) is 1. The number of ether oxygens (including phenoxy) is 1. The fraction of sp³-hybridized carbons (Fsp3) is 0.125. The maximum Gasteiger partial charge on any atom is 0.339 e. The molecule has 0 saturated carbocycles. The molecule has 8 heteroatoms. The van der Waals surface area contributed by atoms with Gasteiger partial charge in [0.1, 0.15) is 28.1 Å². The third kappa shape index (κ3) is 3.77. The number of carboxylic acids is 1. The molecule has 0 aliphatic heterocycles. The zero-order chi connectivity index (χ0) is 17.9. The Hall–Kier alpha value is -2.74. The van der Waals surface area contributed by atoms with Crippen LogP contribution in [0.2, 0.25) is 0 Å². The minimum atomic E-state index is -1.55. The van der Waals surface area contributed by atoms with Gasteiger partial charge in [0.2, 0.25) is 0 Å². The largest absolute Gasteiger partial charge is 0.496 e. The van der Waals surface area contributed by atoms with Gasteiger partial charge in [0.15, 0.2) is 0 Å². The van der Waals surface area contributed by atoms with E-state index in [1.54, 1.807) is 0 Å². The first-order valence-electron chi connectivity index (χ1n) is 6.69. The fourth-order valence-electron chi connectivity index (χ4n) is 2.12. The van der Waals surface area contributed by atoms with E-state index in [0.29, 0.717) is 0 Å². The van der Waals surface area contributed by atoms with Crippen molar-refractivity contribution < 1.29 is 28.0 Å². The molecule has 0 aliphatic carbocycles. The van der Waals surface area contributed by atoms with Crippen LogP contribution in [-0.4, -0.2) is 34.6 Å². The highest BCUT2D eigenvalue weighted by molar-refractivity contribution is 7.82. The molecule has 1 unspecified atom stereocenters. The first kappa shape index (κ1) is 17.6. The summed E-state index contributed by atoms with van der Waals surface area (Å²) in [5.41, 5.74) is 0.306. The van der Waals surface area contributed by atoms with Crippen LogP contribution < -0.4 is 9.46 Å². The number of carbonyl (C=O) groups is 2. The number of halogens is 1. The minimum Gasteiger partial charge on any atom is -0.496 e. The minimum absolute atomic E-state index is 0.0506. The van der Waals surface area contributed by atoms with E-state index < -0.39 is 28.7 Å². The van der Waals surface area contributed by atoms with E-state index in [9.17, 15) is 23.3 Å². The molecule has 126 valence electrons. The van der Waals surface area contributed by atoms with Crippen molar-refractivity contribution in [3.05, 3.63) is 53.3 Å². The Kier molecular flexibility index (Phi) is 5.30. The Bertz CT molecular complexity index is 837. The van der Waals surface area contributed by atoms with Gasteiger partial charge in [-0.3, -0.25) is 9.52 Å². The van der Waals surface area contributed by atoms with E-state index in [-0.39, 0.29) is 28.0 Å². The van der Waals surface area contributed by atoms with Crippen molar-refractivity contribution in [2.45, 2.75) is 0 Å². The van der Waals surface area contributed by atoms with E-state index in [2.05, 4.69) is 4.72 Å². The van der Waals surface area contributed by atoms with Gasteiger partial charge in [0.25, 0.3) is 5.91 Å². The number of methoxy groups -OCH3 is 1. The number of benzene rings is 2. The van der Waals surface area contributed by atoms with Crippen molar-refractivity contribution >= 4 is 22.9 Å². The zero-order valence-electron chi connectivity index (χ0n) is 12.8. The lowest BCUT2D eigenvalue weighted by Gasteiger charge is -2.10. The van der Waals surface area contributed by atoms with E-state index in [4.69, 9.17) is 4.74 Å². The van der Waals surface area contributed by atoms with Crippen molar-refractivity contribution in [2.24, 2.45) is 0 Å². The monoisotopic (exact) mass is 351 g/mol.